The van der Waals surface area contributed by atoms with Crippen LogP contribution in [0.1, 0.15) is 123 Å². The van der Waals surface area contributed by atoms with Gasteiger partial charge in [0.1, 0.15) is 48.3 Å². The van der Waals surface area contributed by atoms with E-state index in [1.165, 1.54) is 9.80 Å². The highest BCUT2D eigenvalue weighted by Gasteiger charge is 2.42. The number of hydrogen-bond acceptors (Lipinski definition) is 14. The lowest BCUT2D eigenvalue weighted by atomic mass is 10.0. The Balaban J connectivity index is 1.50. The number of guanidine groups is 2. The Kier molecular flexibility index (Phi) is 27.4. The lowest BCUT2D eigenvalue weighted by molar-refractivity contribution is -0.144. The Bertz CT molecular complexity index is 2620. The number of H-pyrrole nitrogens is 1. The van der Waals surface area contributed by atoms with Crippen molar-refractivity contribution in [2.45, 2.75) is 178 Å². The van der Waals surface area contributed by atoms with Crippen LogP contribution in [-0.2, 0) is 54.4 Å². The number of likely N-dealkylation sites (tertiary alicyclic amines) is 2. The van der Waals surface area contributed by atoms with E-state index in [2.05, 4.69) is 46.9 Å². The molecule has 2 fully saturated rings. The topological polar surface area (TPSA) is 486 Å². The molecule has 0 radical (unpaired) electrons. The van der Waals surface area contributed by atoms with Crippen molar-refractivity contribution in [3.63, 3.8) is 0 Å². The van der Waals surface area contributed by atoms with E-state index in [-0.39, 0.29) is 83.0 Å². The van der Waals surface area contributed by atoms with E-state index in [9.17, 15) is 58.2 Å². The summed E-state index contributed by atoms with van der Waals surface area (Å²) in [5.41, 5.74) is 34.9. The zero-order chi connectivity index (χ0) is 61.3. The van der Waals surface area contributed by atoms with E-state index < -0.39 is 132 Å². The summed E-state index contributed by atoms with van der Waals surface area (Å²) in [5.74, 6) is -9.28. The van der Waals surface area contributed by atoms with Gasteiger partial charge in [0.25, 0.3) is 0 Å². The molecule has 29 nitrogen and oxygen atoms in total. The number of rotatable bonds is 35. The van der Waals surface area contributed by atoms with Gasteiger partial charge in [-0.25, -0.2) is 4.79 Å². The van der Waals surface area contributed by atoms with Crippen molar-refractivity contribution in [1.82, 2.24) is 46.7 Å². The first-order valence-corrected chi connectivity index (χ1v) is 28.5. The van der Waals surface area contributed by atoms with Crippen molar-refractivity contribution in [3.8, 4) is 0 Å². The number of hydrogen-bond donors (Lipinski definition) is 15. The number of aromatic amines is 1. The summed E-state index contributed by atoms with van der Waals surface area (Å²) in [6.45, 7) is 6.10. The molecular formula is C54H87N17O12. The molecule has 83 heavy (non-hydrogen) atoms. The molecule has 4 rings (SSSR count). The minimum Gasteiger partial charge on any atom is -0.481 e. The van der Waals surface area contributed by atoms with Gasteiger partial charge in [0.05, 0.1) is 6.04 Å². The highest BCUT2D eigenvalue weighted by molar-refractivity contribution is 5.99. The van der Waals surface area contributed by atoms with E-state index in [0.29, 0.717) is 57.1 Å². The highest BCUT2D eigenvalue weighted by atomic mass is 16.4. The summed E-state index contributed by atoms with van der Waals surface area (Å²) >= 11 is 0. The number of carboxylic acids is 2. The Hall–Kier alpha value is -8.08. The lowest BCUT2D eigenvalue weighted by Gasteiger charge is -2.32. The first-order valence-electron chi connectivity index (χ1n) is 28.5. The SMILES string of the molecule is CCC[C@H](NC(=O)[C@H](CCC(=O)O)NC(=O)[C@@H](NC(=O)[C@@H]1CCCN1C(=O)[C@H](CCCCN)NC(=O)[C@@H]1CCCN1C(=O)[C@@H](N)CCCN=C(N)N)C(C)C)C(=O)N[C@@H](Cc1c[nH]c2ccccc12)C(=O)N[C@@H](CCCN=C(N)N)C(=O)O. The van der Waals surface area contributed by atoms with Crippen molar-refractivity contribution in [2.24, 2.45) is 50.3 Å². The number of aliphatic carboxylic acids is 2. The number of amides is 8. The smallest absolute Gasteiger partial charge is 0.326 e. The molecule has 29 heteroatoms. The van der Waals surface area contributed by atoms with Crippen LogP contribution in [0.2, 0.25) is 0 Å². The van der Waals surface area contributed by atoms with Crippen LogP contribution in [-0.4, -0.2) is 183 Å². The summed E-state index contributed by atoms with van der Waals surface area (Å²) in [6, 6.07) is -3.83. The number of nitrogens with two attached hydrogens (primary N) is 6. The van der Waals surface area contributed by atoms with Gasteiger partial charge in [0.15, 0.2) is 11.9 Å². The van der Waals surface area contributed by atoms with E-state index in [4.69, 9.17) is 34.4 Å². The van der Waals surface area contributed by atoms with E-state index in [0.717, 1.165) is 10.9 Å². The van der Waals surface area contributed by atoms with E-state index in [1.54, 1.807) is 45.2 Å². The number of benzene rings is 1. The van der Waals surface area contributed by atoms with Gasteiger partial charge < -0.3 is 91.3 Å². The van der Waals surface area contributed by atoms with Gasteiger partial charge in [0, 0.05) is 56.1 Å². The fourth-order valence-corrected chi connectivity index (χ4v) is 10.1. The maximum atomic E-state index is 14.5. The predicted molar refractivity (Wildman–Crippen MR) is 308 cm³/mol. The molecule has 2 saturated heterocycles. The largest absolute Gasteiger partial charge is 0.481 e. The van der Waals surface area contributed by atoms with Crippen molar-refractivity contribution in [2.75, 3.05) is 32.7 Å². The summed E-state index contributed by atoms with van der Waals surface area (Å²) < 4.78 is 0. The zero-order valence-corrected chi connectivity index (χ0v) is 47.7. The molecule has 2 aromatic rings. The summed E-state index contributed by atoms with van der Waals surface area (Å²) in [6.07, 6.45) is 4.28. The molecule has 3 heterocycles. The molecular weight excluding hydrogens is 1080 g/mol. The second-order valence-electron chi connectivity index (χ2n) is 21.3. The molecule has 0 aliphatic carbocycles. The van der Waals surface area contributed by atoms with Crippen LogP contribution in [0.15, 0.2) is 40.4 Å². The van der Waals surface area contributed by atoms with Crippen LogP contribution >= 0.6 is 0 Å². The third-order valence-corrected chi connectivity index (χ3v) is 14.6. The van der Waals surface area contributed by atoms with Gasteiger partial charge in [-0.05, 0) is 108 Å². The monoisotopic (exact) mass is 1170 g/mol. The molecule has 1 aromatic carbocycles. The number of aliphatic imine (C=N–C) groups is 2. The number of nitrogens with one attached hydrogen (secondary N) is 7. The van der Waals surface area contributed by atoms with Crippen molar-refractivity contribution in [3.05, 3.63) is 36.0 Å². The maximum absolute atomic E-state index is 14.5. The Labute approximate surface area is 482 Å². The maximum Gasteiger partial charge on any atom is 0.326 e. The van der Waals surface area contributed by atoms with Crippen LogP contribution in [0.25, 0.3) is 10.9 Å². The van der Waals surface area contributed by atoms with Crippen LogP contribution in [0.4, 0.5) is 0 Å². The molecule has 0 bridgehead atoms. The number of nitrogens with zero attached hydrogens (tertiary/aromatic N) is 4. The van der Waals surface area contributed by atoms with E-state index >= 15 is 0 Å². The Morgan fingerprint density at radius 2 is 1.17 bits per heavy atom. The van der Waals surface area contributed by atoms with Crippen LogP contribution in [0.3, 0.4) is 0 Å². The number of fused-ring (bicyclic) bond motifs is 1. The molecule has 2 aliphatic rings. The van der Waals surface area contributed by atoms with Gasteiger partial charge in [-0.1, -0.05) is 45.4 Å². The summed E-state index contributed by atoms with van der Waals surface area (Å²) in [7, 11) is 0. The van der Waals surface area contributed by atoms with Crippen molar-refractivity contribution in [1.29, 1.82) is 0 Å². The van der Waals surface area contributed by atoms with Crippen molar-refractivity contribution >= 4 is 82.0 Å². The zero-order valence-electron chi connectivity index (χ0n) is 47.7. The minimum absolute atomic E-state index is 0.0109. The predicted octanol–water partition coefficient (Wildman–Crippen LogP) is -2.43. The van der Waals surface area contributed by atoms with E-state index in [1.807, 2.05) is 6.07 Å². The molecule has 460 valence electrons. The second kappa shape index (κ2) is 33.7. The molecule has 8 amide bonds. The average molecular weight is 1170 g/mol. The number of para-hydroxylation sites is 1. The molecule has 1 aromatic heterocycles. The molecule has 0 unspecified atom stereocenters. The van der Waals surface area contributed by atoms with Gasteiger partial charge in [-0.3, -0.25) is 53.1 Å². The van der Waals surface area contributed by atoms with Gasteiger partial charge in [-0.2, -0.15) is 0 Å². The van der Waals surface area contributed by atoms with Gasteiger partial charge in [0.2, 0.25) is 47.3 Å². The van der Waals surface area contributed by atoms with Crippen molar-refractivity contribution < 1.29 is 58.2 Å². The fraction of sp³-hybridized carbons (Fsp3) is 0.630. The highest BCUT2D eigenvalue weighted by Crippen LogP contribution is 2.24. The third-order valence-electron chi connectivity index (χ3n) is 14.6. The number of unbranched alkanes of at least 4 members (excludes halogenated alkanes) is 1. The normalized spacial score (nSPS) is 17.4. The molecule has 21 N–H and O–H groups in total. The third kappa shape index (κ3) is 21.0. The van der Waals surface area contributed by atoms with Gasteiger partial charge in [-0.15, -0.1) is 0 Å². The molecule has 0 saturated carbocycles. The number of carbonyl (C=O) groups is 10. The second-order valence-corrected chi connectivity index (χ2v) is 21.3. The average Bonchev–Trinajstić information content (AvgIpc) is 4.43. The lowest BCUT2D eigenvalue weighted by Crippen LogP contribution is -2.61. The Morgan fingerprint density at radius 3 is 1.75 bits per heavy atom. The number of carbonyl (C=O) groups excluding carboxylic acids is 8. The van der Waals surface area contributed by atoms with Crippen LogP contribution in [0, 0.1) is 5.92 Å². The van der Waals surface area contributed by atoms with Crippen LogP contribution < -0.4 is 66.3 Å². The first-order chi connectivity index (χ1) is 39.5. The molecule has 9 atom stereocenters. The van der Waals surface area contributed by atoms with Gasteiger partial charge >= 0.3 is 11.9 Å². The first kappa shape index (κ1) is 67.4. The molecule has 0 spiro atoms. The van der Waals surface area contributed by atoms with Crippen LogP contribution in [0.5, 0.6) is 0 Å². The fourth-order valence-electron chi connectivity index (χ4n) is 10.1. The Morgan fingerprint density at radius 1 is 0.639 bits per heavy atom. The standard InChI is InChI=1S/C54H87N17O12/c1-4-13-35(44(74)68-39(28-31-29-63-34-16-6-5-14-32(31)34)46(76)67-38(52(82)83)18-10-25-62-54(59)60)64-45(75)36(21-22-42(72)73)65-49(79)43(30(2)3)69-48(78)41-20-12-27-71(41)51(81)37(17-7-8-23-55)66-47(77)40-19-11-26-70(40)50(80)33(56)15-9-24-61-53(57)58/h5-6,14,16,29-30,33,35-41,43,63H,4,7-13,15,17-28,55-56H2,1-3H3,(H,64,75)(H,65,79)(H,66,77)(H,67,76)(H,68,74)(H,69,78)(H,72,73)(H,82,83)(H4,57,58,61)(H4,59,60,62)/t33-,35-,36-,37-,38-,39-,40-,41-,43-/m0/s1. The quantitative estimate of drug-likeness (QED) is 0.0194. The minimum atomic E-state index is -1.57. The number of carboxylic acid groups (broad SMARTS) is 2. The summed E-state index contributed by atoms with van der Waals surface area (Å²) in [5, 5.41) is 36.4. The molecule has 2 aliphatic heterocycles. The summed E-state index contributed by atoms with van der Waals surface area (Å²) in [4.78, 5) is 151. The number of aromatic nitrogens is 1.